The molecule has 0 aromatic heterocycles. The van der Waals surface area contributed by atoms with E-state index in [0.717, 1.165) is 11.1 Å². The second-order valence-electron chi connectivity index (χ2n) is 6.68. The Balaban J connectivity index is 1.46. The van der Waals surface area contributed by atoms with Crippen LogP contribution in [-0.4, -0.2) is 24.2 Å². The summed E-state index contributed by atoms with van der Waals surface area (Å²) in [5.41, 5.74) is 4.05. The molecule has 0 bridgehead atoms. The topological polar surface area (TPSA) is 77.0 Å². The first-order chi connectivity index (χ1) is 15.5. The lowest BCUT2D eigenvalue weighted by Gasteiger charge is -2.12. The van der Waals surface area contributed by atoms with E-state index in [2.05, 4.69) is 10.5 Å². The number of hydrazone groups is 1. The highest BCUT2D eigenvalue weighted by atomic mass is 35.5. The zero-order chi connectivity index (χ0) is 22.8. The molecule has 1 N–H and O–H groups in total. The van der Waals surface area contributed by atoms with Gasteiger partial charge in [-0.25, -0.2) is 10.2 Å². The summed E-state index contributed by atoms with van der Waals surface area (Å²) in [6.07, 6.45) is 3.80. The van der Waals surface area contributed by atoms with Crippen molar-refractivity contribution in [2.24, 2.45) is 5.10 Å². The van der Waals surface area contributed by atoms with Gasteiger partial charge in [-0.1, -0.05) is 41.9 Å². The molecule has 0 heterocycles. The number of nitrogens with one attached hydrogen (secondary N) is 1. The van der Waals surface area contributed by atoms with Crippen molar-refractivity contribution in [2.75, 3.05) is 0 Å². The zero-order valence-electron chi connectivity index (χ0n) is 17.3. The van der Waals surface area contributed by atoms with E-state index in [1.165, 1.54) is 12.3 Å². The molecule has 0 fully saturated rings. The highest BCUT2D eigenvalue weighted by Gasteiger charge is 2.13. The van der Waals surface area contributed by atoms with Gasteiger partial charge in [0, 0.05) is 11.1 Å². The summed E-state index contributed by atoms with van der Waals surface area (Å²) in [5.74, 6) is 0.0628. The Bertz CT molecular complexity index is 1100. The quantitative estimate of drug-likeness (QED) is 0.175. The Kier molecular flexibility index (Phi) is 8.17. The summed E-state index contributed by atoms with van der Waals surface area (Å²) < 4.78 is 10.8. The fourth-order valence-electron chi connectivity index (χ4n) is 2.53. The minimum atomic E-state index is -0.737. The molecule has 0 saturated carbocycles. The van der Waals surface area contributed by atoms with Gasteiger partial charge in [0.2, 0.25) is 0 Å². The van der Waals surface area contributed by atoms with Crippen LogP contribution < -0.4 is 14.9 Å². The van der Waals surface area contributed by atoms with Crippen LogP contribution in [-0.2, 0) is 9.59 Å². The van der Waals surface area contributed by atoms with Crippen molar-refractivity contribution in [1.29, 1.82) is 0 Å². The normalized spacial score (nSPS) is 11.9. The van der Waals surface area contributed by atoms with Crippen molar-refractivity contribution in [2.45, 2.75) is 13.0 Å². The molecule has 0 aliphatic rings. The van der Waals surface area contributed by atoms with E-state index in [9.17, 15) is 9.59 Å². The van der Waals surface area contributed by atoms with Crippen molar-refractivity contribution in [3.63, 3.8) is 0 Å². The average Bonchev–Trinajstić information content (AvgIpc) is 2.81. The van der Waals surface area contributed by atoms with Gasteiger partial charge < -0.3 is 9.47 Å². The van der Waals surface area contributed by atoms with Gasteiger partial charge in [0.05, 0.1) is 6.21 Å². The summed E-state index contributed by atoms with van der Waals surface area (Å²) in [6.45, 7) is 1.62. The highest BCUT2D eigenvalue weighted by molar-refractivity contribution is 6.30. The van der Waals surface area contributed by atoms with Crippen LogP contribution in [0.3, 0.4) is 0 Å². The van der Waals surface area contributed by atoms with Gasteiger partial charge in [0.15, 0.2) is 6.10 Å². The highest BCUT2D eigenvalue weighted by Crippen LogP contribution is 2.17. The molecular formula is C25H21ClN2O4. The Hall–Kier alpha value is -3.90. The third-order valence-corrected chi connectivity index (χ3v) is 4.45. The largest absolute Gasteiger partial charge is 0.481 e. The molecule has 1 atom stereocenters. The van der Waals surface area contributed by atoms with Crippen molar-refractivity contribution in [1.82, 2.24) is 5.43 Å². The van der Waals surface area contributed by atoms with Gasteiger partial charge in [-0.15, -0.1) is 0 Å². The van der Waals surface area contributed by atoms with Gasteiger partial charge in [-0.05, 0) is 72.7 Å². The molecule has 7 heteroatoms. The molecule has 0 aliphatic carbocycles. The monoisotopic (exact) mass is 448 g/mol. The Morgan fingerprint density at radius 3 is 2.25 bits per heavy atom. The summed E-state index contributed by atoms with van der Waals surface area (Å²) in [7, 11) is 0. The van der Waals surface area contributed by atoms with Crippen LogP contribution in [0.15, 0.2) is 90.0 Å². The molecule has 0 unspecified atom stereocenters. The van der Waals surface area contributed by atoms with Crippen LogP contribution >= 0.6 is 11.6 Å². The number of benzene rings is 3. The fraction of sp³-hybridized carbons (Fsp3) is 0.0800. The Labute approximate surface area is 191 Å². The lowest BCUT2D eigenvalue weighted by Crippen LogP contribution is -2.33. The predicted molar refractivity (Wildman–Crippen MR) is 125 cm³/mol. The Morgan fingerprint density at radius 1 is 0.906 bits per heavy atom. The molecule has 32 heavy (non-hydrogen) atoms. The van der Waals surface area contributed by atoms with Crippen molar-refractivity contribution in [3.8, 4) is 11.5 Å². The molecule has 3 aromatic carbocycles. The molecule has 0 spiro atoms. The third kappa shape index (κ3) is 7.41. The zero-order valence-corrected chi connectivity index (χ0v) is 18.0. The minimum absolute atomic E-state index is 0.396. The summed E-state index contributed by atoms with van der Waals surface area (Å²) in [4.78, 5) is 24.0. The molecule has 0 aliphatic heterocycles. The first-order valence-corrected chi connectivity index (χ1v) is 10.2. The molecule has 6 nitrogen and oxygen atoms in total. The van der Waals surface area contributed by atoms with Crippen LogP contribution in [0.4, 0.5) is 0 Å². The lowest BCUT2D eigenvalue weighted by molar-refractivity contribution is -0.129. The van der Waals surface area contributed by atoms with Crippen molar-refractivity contribution in [3.05, 3.63) is 101 Å². The first-order valence-electron chi connectivity index (χ1n) is 9.80. The first kappa shape index (κ1) is 22.8. The van der Waals surface area contributed by atoms with E-state index in [1.54, 1.807) is 61.5 Å². The number of carbonyl (C=O) groups is 2. The molecule has 3 aromatic rings. The van der Waals surface area contributed by atoms with Gasteiger partial charge in [-0.3, -0.25) is 4.79 Å². The number of ether oxygens (including phenoxy) is 2. The number of nitrogens with zero attached hydrogens (tertiary/aromatic N) is 1. The van der Waals surface area contributed by atoms with Crippen LogP contribution in [0.25, 0.3) is 6.08 Å². The molecule has 162 valence electrons. The average molecular weight is 449 g/mol. The van der Waals surface area contributed by atoms with Crippen molar-refractivity contribution >= 4 is 35.8 Å². The molecular weight excluding hydrogens is 428 g/mol. The van der Waals surface area contributed by atoms with E-state index in [-0.39, 0.29) is 0 Å². The fourth-order valence-corrected chi connectivity index (χ4v) is 2.66. The number of carbonyl (C=O) groups excluding carboxylic acids is 2. The smallest absolute Gasteiger partial charge is 0.336 e. The number of esters is 1. The summed E-state index contributed by atoms with van der Waals surface area (Å²) >= 11 is 5.83. The van der Waals surface area contributed by atoms with Crippen molar-refractivity contribution < 1.29 is 19.1 Å². The number of hydrogen-bond acceptors (Lipinski definition) is 5. The molecule has 3 rings (SSSR count). The number of hydrogen-bond donors (Lipinski definition) is 1. The summed E-state index contributed by atoms with van der Waals surface area (Å²) in [6, 6.07) is 22.9. The molecule has 0 saturated heterocycles. The van der Waals surface area contributed by atoms with Crippen LogP contribution in [0.5, 0.6) is 11.5 Å². The maximum Gasteiger partial charge on any atom is 0.336 e. The number of amides is 1. The molecule has 1 amide bonds. The standard InChI is InChI=1S/C25H21ClN2O4/c1-18(31-22-14-10-21(26)11-15-22)25(30)28-27-17-20-7-12-23(13-8-20)32-24(29)16-9-19-5-3-2-4-6-19/h2-18H,1H3,(H,28,30)/b16-9+,27-17-/t18-/m1/s1. The summed E-state index contributed by atoms with van der Waals surface area (Å²) in [5, 5.41) is 4.51. The van der Waals surface area contributed by atoms with Crippen LogP contribution in [0, 0.1) is 0 Å². The van der Waals surface area contributed by atoms with E-state index in [0.29, 0.717) is 16.5 Å². The number of rotatable bonds is 8. The van der Waals surface area contributed by atoms with Gasteiger partial charge in [0.1, 0.15) is 11.5 Å². The van der Waals surface area contributed by atoms with E-state index in [4.69, 9.17) is 21.1 Å². The van der Waals surface area contributed by atoms with Crippen LogP contribution in [0.2, 0.25) is 5.02 Å². The second-order valence-corrected chi connectivity index (χ2v) is 7.12. The van der Waals surface area contributed by atoms with E-state index in [1.807, 2.05) is 30.3 Å². The van der Waals surface area contributed by atoms with E-state index < -0.39 is 18.0 Å². The van der Waals surface area contributed by atoms with Gasteiger partial charge in [0.25, 0.3) is 5.91 Å². The van der Waals surface area contributed by atoms with Gasteiger partial charge >= 0.3 is 5.97 Å². The van der Waals surface area contributed by atoms with Gasteiger partial charge in [-0.2, -0.15) is 5.10 Å². The maximum atomic E-state index is 12.1. The predicted octanol–water partition coefficient (Wildman–Crippen LogP) is 4.88. The Morgan fingerprint density at radius 2 is 1.56 bits per heavy atom. The second kappa shape index (κ2) is 11.5. The molecule has 0 radical (unpaired) electrons. The SMILES string of the molecule is C[C@@H](Oc1ccc(Cl)cc1)C(=O)N/N=C\c1ccc(OC(=O)/C=C/c2ccccc2)cc1. The number of halogens is 1. The van der Waals surface area contributed by atoms with Crippen LogP contribution in [0.1, 0.15) is 18.1 Å². The van der Waals surface area contributed by atoms with E-state index >= 15 is 0 Å². The lowest BCUT2D eigenvalue weighted by atomic mass is 10.2. The third-order valence-electron chi connectivity index (χ3n) is 4.19. The minimum Gasteiger partial charge on any atom is -0.481 e. The maximum absolute atomic E-state index is 12.1.